The molecule has 0 aliphatic carbocycles. The fraction of sp³-hybridized carbons (Fsp3) is 0.441. The molecule has 3 aromatic carbocycles. The molecule has 234 valence electrons. The van der Waals surface area contributed by atoms with Crippen molar-refractivity contribution in [2.24, 2.45) is 0 Å². The second kappa shape index (κ2) is 15.8. The minimum Gasteiger partial charge on any atom is -0.469 e. The van der Waals surface area contributed by atoms with Crippen LogP contribution in [0.4, 0.5) is 0 Å². The van der Waals surface area contributed by atoms with Crippen molar-refractivity contribution in [1.82, 2.24) is 0 Å². The van der Waals surface area contributed by atoms with Crippen molar-refractivity contribution in [3.05, 3.63) is 90.5 Å². The van der Waals surface area contributed by atoms with Crippen LogP contribution in [-0.2, 0) is 28.5 Å². The first kappa shape index (κ1) is 34.7. The third kappa shape index (κ3) is 9.33. The van der Waals surface area contributed by atoms with E-state index in [4.69, 9.17) is 13.9 Å². The van der Waals surface area contributed by atoms with Crippen LogP contribution in [0.2, 0.25) is 5.04 Å². The van der Waals surface area contributed by atoms with Gasteiger partial charge in [0.15, 0.2) is 9.84 Å². The Hall–Kier alpha value is -2.82. The quantitative estimate of drug-likeness (QED) is 0.180. The lowest BCUT2D eigenvalue weighted by molar-refractivity contribution is -0.146. The highest BCUT2D eigenvalue weighted by Gasteiger charge is 2.50. The van der Waals surface area contributed by atoms with Crippen LogP contribution in [-0.4, -0.2) is 66.1 Å². The van der Waals surface area contributed by atoms with E-state index in [1.54, 1.807) is 24.3 Å². The molecule has 3 aromatic rings. The Kier molecular flexibility index (Phi) is 12.7. The van der Waals surface area contributed by atoms with Crippen molar-refractivity contribution < 1.29 is 32.2 Å². The van der Waals surface area contributed by atoms with Crippen molar-refractivity contribution in [2.45, 2.75) is 75.5 Å². The summed E-state index contributed by atoms with van der Waals surface area (Å²) in [5.41, 5.74) is 0.986. The van der Waals surface area contributed by atoms with Gasteiger partial charge in [-0.15, -0.1) is 0 Å². The molecule has 0 amide bonds. The number of aliphatic hydroxyl groups is 1. The molecule has 0 bridgehead atoms. The van der Waals surface area contributed by atoms with Crippen molar-refractivity contribution in [3.63, 3.8) is 0 Å². The zero-order valence-corrected chi connectivity index (χ0v) is 27.8. The number of carbonyl (C=O) groups excluding carboxylic acids is 1. The van der Waals surface area contributed by atoms with Crippen molar-refractivity contribution in [3.8, 4) is 0 Å². The number of methoxy groups -OCH3 is 1. The Morgan fingerprint density at radius 3 is 1.91 bits per heavy atom. The van der Waals surface area contributed by atoms with E-state index in [1.165, 1.54) is 7.11 Å². The average molecular weight is 627 g/mol. The van der Waals surface area contributed by atoms with Gasteiger partial charge in [0.05, 0.1) is 43.0 Å². The summed E-state index contributed by atoms with van der Waals surface area (Å²) in [6.45, 7) is 8.60. The zero-order valence-electron chi connectivity index (χ0n) is 26.0. The highest BCUT2D eigenvalue weighted by atomic mass is 32.2. The van der Waals surface area contributed by atoms with Crippen LogP contribution in [0.25, 0.3) is 0 Å². The highest BCUT2D eigenvalue weighted by molar-refractivity contribution is 7.91. The van der Waals surface area contributed by atoms with E-state index in [0.29, 0.717) is 25.9 Å². The second-order valence-corrected chi connectivity index (χ2v) is 18.3. The maximum Gasteiger partial charge on any atom is 0.308 e. The molecule has 0 aliphatic rings. The number of rotatable bonds is 16. The number of esters is 1. The van der Waals surface area contributed by atoms with Crippen LogP contribution in [0.3, 0.4) is 0 Å². The molecule has 0 radical (unpaired) electrons. The summed E-state index contributed by atoms with van der Waals surface area (Å²) in [5, 5.41) is 12.4. The van der Waals surface area contributed by atoms with Gasteiger partial charge in [0.1, 0.15) is 0 Å². The first-order valence-electron chi connectivity index (χ1n) is 14.8. The van der Waals surface area contributed by atoms with E-state index in [9.17, 15) is 18.3 Å². The van der Waals surface area contributed by atoms with Gasteiger partial charge in [-0.3, -0.25) is 4.79 Å². The largest absolute Gasteiger partial charge is 0.469 e. The number of sulfone groups is 1. The van der Waals surface area contributed by atoms with Gasteiger partial charge in [-0.25, -0.2) is 8.42 Å². The van der Waals surface area contributed by atoms with Gasteiger partial charge in [0, 0.05) is 6.61 Å². The molecule has 7 nitrogen and oxygen atoms in total. The smallest absolute Gasteiger partial charge is 0.308 e. The molecule has 0 unspecified atom stereocenters. The van der Waals surface area contributed by atoms with E-state index in [0.717, 1.165) is 15.9 Å². The molecule has 43 heavy (non-hydrogen) atoms. The summed E-state index contributed by atoms with van der Waals surface area (Å²) in [6.07, 6.45) is -0.207. The summed E-state index contributed by atoms with van der Waals surface area (Å²) < 4.78 is 43.7. The molecule has 2 atom stereocenters. The number of hydrogen-bond donors (Lipinski definition) is 1. The van der Waals surface area contributed by atoms with Crippen molar-refractivity contribution in [2.75, 3.05) is 26.1 Å². The number of benzene rings is 3. The van der Waals surface area contributed by atoms with Crippen LogP contribution < -0.4 is 10.4 Å². The lowest BCUT2D eigenvalue weighted by Gasteiger charge is -2.43. The normalized spacial score (nSPS) is 13.8. The molecule has 0 heterocycles. The van der Waals surface area contributed by atoms with Crippen LogP contribution in [0.1, 0.15) is 52.0 Å². The van der Waals surface area contributed by atoms with E-state index in [2.05, 4.69) is 45.0 Å². The molecule has 0 spiro atoms. The Morgan fingerprint density at radius 1 is 0.860 bits per heavy atom. The summed E-state index contributed by atoms with van der Waals surface area (Å²) in [5.74, 6) is -0.524. The Balaban J connectivity index is 1.72. The number of hydrogen-bond acceptors (Lipinski definition) is 7. The fourth-order valence-corrected chi connectivity index (χ4v) is 11.3. The molecule has 0 saturated heterocycles. The van der Waals surface area contributed by atoms with Crippen LogP contribution in [0.5, 0.6) is 0 Å². The topological polar surface area (TPSA) is 99.1 Å². The van der Waals surface area contributed by atoms with E-state index in [-0.39, 0.29) is 28.7 Å². The maximum atomic E-state index is 12.8. The summed E-state index contributed by atoms with van der Waals surface area (Å²) in [7, 11) is -4.92. The van der Waals surface area contributed by atoms with E-state index < -0.39 is 36.3 Å². The van der Waals surface area contributed by atoms with Crippen LogP contribution >= 0.6 is 0 Å². The molecule has 0 aliphatic heterocycles. The molecular formula is C34H46O7SSi. The predicted molar refractivity (Wildman–Crippen MR) is 173 cm³/mol. The second-order valence-electron chi connectivity index (χ2n) is 11.9. The third-order valence-electron chi connectivity index (χ3n) is 7.71. The first-order valence-corrected chi connectivity index (χ1v) is 18.4. The van der Waals surface area contributed by atoms with Crippen LogP contribution in [0, 0.1) is 6.92 Å². The highest BCUT2D eigenvalue weighted by Crippen LogP contribution is 2.37. The lowest BCUT2D eigenvalue weighted by Crippen LogP contribution is -2.66. The monoisotopic (exact) mass is 626 g/mol. The minimum atomic E-state index is -3.47. The number of aliphatic hydroxyl groups excluding tert-OH is 1. The van der Waals surface area contributed by atoms with Gasteiger partial charge in [-0.1, -0.05) is 99.1 Å². The van der Waals surface area contributed by atoms with Gasteiger partial charge in [-0.05, 0) is 53.7 Å². The van der Waals surface area contributed by atoms with Gasteiger partial charge < -0.3 is 19.0 Å². The maximum absolute atomic E-state index is 12.8. The Bertz CT molecular complexity index is 1330. The number of ether oxygens (including phenoxy) is 2. The molecular weight excluding hydrogens is 581 g/mol. The molecule has 0 fully saturated rings. The zero-order chi connectivity index (χ0) is 31.5. The minimum absolute atomic E-state index is 0.0346. The van der Waals surface area contributed by atoms with Gasteiger partial charge in [0.2, 0.25) is 0 Å². The first-order chi connectivity index (χ1) is 20.4. The Labute approximate surface area is 258 Å². The average Bonchev–Trinajstić information content (AvgIpc) is 2.99. The van der Waals surface area contributed by atoms with Crippen LogP contribution in [0.15, 0.2) is 89.8 Å². The van der Waals surface area contributed by atoms with E-state index >= 15 is 0 Å². The Morgan fingerprint density at radius 2 is 1.42 bits per heavy atom. The molecule has 3 rings (SSSR count). The SMILES string of the molecule is COC(=O)C[C@H](CCCS(=O)(=O)c1ccc(C)cc1)O[C@@H](CO)CCO[Si](c1ccccc1)(c1ccccc1)C(C)(C)C. The van der Waals surface area contributed by atoms with Gasteiger partial charge in [0.25, 0.3) is 8.32 Å². The summed E-state index contributed by atoms with van der Waals surface area (Å²) in [6, 6.07) is 27.4. The summed E-state index contributed by atoms with van der Waals surface area (Å²) >= 11 is 0. The van der Waals surface area contributed by atoms with Crippen molar-refractivity contribution in [1.29, 1.82) is 0 Å². The molecule has 0 aromatic heterocycles. The number of aryl methyl sites for hydroxylation is 1. The lowest BCUT2D eigenvalue weighted by atomic mass is 10.1. The predicted octanol–water partition coefficient (Wildman–Crippen LogP) is 4.82. The fourth-order valence-electron chi connectivity index (χ4n) is 5.43. The molecule has 0 saturated carbocycles. The summed E-state index contributed by atoms with van der Waals surface area (Å²) in [4.78, 5) is 12.4. The van der Waals surface area contributed by atoms with Gasteiger partial charge in [-0.2, -0.15) is 0 Å². The third-order valence-corrected chi connectivity index (χ3v) is 14.6. The molecule has 1 N–H and O–H groups in total. The van der Waals surface area contributed by atoms with Crippen molar-refractivity contribution >= 4 is 34.5 Å². The number of carbonyl (C=O) groups is 1. The van der Waals surface area contributed by atoms with Gasteiger partial charge >= 0.3 is 5.97 Å². The molecule has 9 heteroatoms. The van der Waals surface area contributed by atoms with E-state index in [1.807, 2.05) is 43.3 Å². The standard InChI is InChI=1S/C34H46O7SSi/c1-27-18-20-30(21-19-27)42(37,38)24-12-13-28(25-33(36)39-5)41-29(26-35)22-23-40-43(34(2,3)4,31-14-8-6-9-15-31)32-16-10-7-11-17-32/h6-11,14-21,28-29,35H,12-13,22-26H2,1-5H3/t28-,29+/m0/s1.